The molecule has 8 rings (SSSR count). The van der Waals surface area contributed by atoms with E-state index in [0.717, 1.165) is 16.0 Å². The monoisotopic (exact) mass is 982 g/mol. The molecule has 0 saturated heterocycles. The van der Waals surface area contributed by atoms with Crippen molar-refractivity contribution in [1.82, 2.24) is 26.6 Å². The highest BCUT2D eigenvalue weighted by Gasteiger charge is 2.34. The molecule has 8 N–H and O–H groups in total. The number of halogens is 1. The zero-order valence-corrected chi connectivity index (χ0v) is 39.3. The van der Waals surface area contributed by atoms with Crippen LogP contribution in [0, 0.1) is 0 Å². The van der Waals surface area contributed by atoms with Crippen molar-refractivity contribution in [2.45, 2.75) is 74.8 Å². The van der Waals surface area contributed by atoms with E-state index in [1.54, 1.807) is 115 Å². The summed E-state index contributed by atoms with van der Waals surface area (Å²) in [6.45, 7) is 0. The molecule has 5 aromatic carbocycles. The second kappa shape index (κ2) is 24.1. The normalized spacial score (nSPS) is 19.8. The van der Waals surface area contributed by atoms with Crippen LogP contribution < -0.4 is 31.9 Å². The van der Waals surface area contributed by atoms with Gasteiger partial charge in [0.1, 0.15) is 36.3 Å². The molecule has 3 heterocycles. The minimum Gasteiger partial charge on any atom is -0.480 e. The second-order valence-electron chi connectivity index (χ2n) is 16.9. The van der Waals surface area contributed by atoms with Gasteiger partial charge in [-0.25, -0.2) is 4.79 Å². The number of carbonyl (C=O) groups is 7. The molecule has 1 aromatic heterocycles. The number of carboxylic acid groups (broad SMARTS) is 1. The number of rotatable bonds is 12. The first kappa shape index (κ1) is 50.2. The van der Waals surface area contributed by atoms with Crippen LogP contribution in [0.5, 0.6) is 0 Å². The van der Waals surface area contributed by atoms with E-state index in [1.165, 1.54) is 23.5 Å². The van der Waals surface area contributed by atoms with E-state index in [0.29, 0.717) is 27.3 Å². The zero-order valence-electron chi connectivity index (χ0n) is 37.7. The number of aliphatic carboxylic acids is 1. The molecule has 0 saturated carbocycles. The van der Waals surface area contributed by atoms with E-state index in [9.17, 15) is 43.8 Å². The van der Waals surface area contributed by atoms with Crippen molar-refractivity contribution in [3.63, 3.8) is 0 Å². The number of aliphatic hydroxyl groups excluding tert-OH is 1. The Labute approximate surface area is 413 Å². The van der Waals surface area contributed by atoms with Crippen LogP contribution in [0.3, 0.4) is 0 Å². The highest BCUT2D eigenvalue weighted by atomic mass is 35.5. The van der Waals surface area contributed by atoms with Gasteiger partial charge in [-0.1, -0.05) is 127 Å². The Morgan fingerprint density at radius 3 is 1.71 bits per heavy atom. The zero-order chi connectivity index (χ0) is 49.6. The van der Waals surface area contributed by atoms with Crippen LogP contribution in [0.1, 0.15) is 33.6 Å². The molecule has 0 fully saturated rings. The fourth-order valence-corrected chi connectivity index (χ4v) is 8.75. The maximum atomic E-state index is 14.8. The molecule has 0 spiro atoms. The van der Waals surface area contributed by atoms with Crippen molar-refractivity contribution in [1.29, 1.82) is 0 Å². The van der Waals surface area contributed by atoms with Crippen LogP contribution in [-0.2, 0) is 65.7 Å². The molecule has 360 valence electrons. The highest BCUT2D eigenvalue weighted by molar-refractivity contribution is 7.09. The highest BCUT2D eigenvalue weighted by Crippen LogP contribution is 2.23. The van der Waals surface area contributed by atoms with Gasteiger partial charge in [-0.3, -0.25) is 28.8 Å². The Balaban J connectivity index is 1.24. The third-order valence-electron chi connectivity index (χ3n) is 11.6. The third-order valence-corrected chi connectivity index (χ3v) is 12.8. The van der Waals surface area contributed by atoms with Crippen LogP contribution in [0.4, 0.5) is 5.69 Å². The average Bonchev–Trinajstić information content (AvgIpc) is 3.87. The molecule has 70 heavy (non-hydrogen) atoms. The number of aliphatic hydroxyl groups is 1. The first-order valence-electron chi connectivity index (χ1n) is 22.5. The predicted molar refractivity (Wildman–Crippen MR) is 266 cm³/mol. The Morgan fingerprint density at radius 2 is 1.14 bits per heavy atom. The lowest BCUT2D eigenvalue weighted by Crippen LogP contribution is -2.60. The van der Waals surface area contributed by atoms with Crippen molar-refractivity contribution < 1.29 is 43.8 Å². The number of hydrogen-bond acceptors (Lipinski definition) is 9. The van der Waals surface area contributed by atoms with Crippen LogP contribution in [0.2, 0.25) is 5.02 Å². The molecule has 2 bridgehead atoms. The molecule has 2 aliphatic heterocycles. The molecule has 6 amide bonds. The lowest BCUT2D eigenvalue weighted by Gasteiger charge is -2.27. The summed E-state index contributed by atoms with van der Waals surface area (Å²) in [7, 11) is 0. The number of fused-ring (bicyclic) bond motifs is 18. The number of thiophene rings is 1. The number of nitrogens with one attached hydrogen (secondary N) is 6. The smallest absolute Gasteiger partial charge is 0.326 e. The van der Waals surface area contributed by atoms with E-state index < -0.39 is 84.1 Å². The first-order chi connectivity index (χ1) is 33.8. The summed E-state index contributed by atoms with van der Waals surface area (Å²) < 4.78 is 0. The van der Waals surface area contributed by atoms with E-state index in [-0.39, 0.29) is 37.8 Å². The minimum absolute atomic E-state index is 0.00455. The van der Waals surface area contributed by atoms with E-state index in [1.807, 2.05) is 24.3 Å². The molecule has 0 aliphatic carbocycles. The fourth-order valence-electron chi connectivity index (χ4n) is 7.87. The standard InChI is InChI=1S/C53H51ClN6O9S/c54-38-21-19-37(20-22-38)36-17-13-34(14-18-36)27-42-49(64)57-41(26-32-8-3-1-4-9-32)48(63)58-43(50(65)60-45(53(68)69)29-33-10-5-2-6-11-33)28-35-15-23-39(24-16-35)55-52(67)46(61)31-47(62)56-44(51(66)59-42)30-40-12-7-25-70-40/h1-25,41-46,61H,26-31H2,(H,55,67)(H,56,62)(H,57,64)(H,58,63)(H,59,66)(H,60,65)(H,68,69)/t41-,42+,43+,44-,45+,46-/m1/s1. The Kier molecular flexibility index (Phi) is 17.3. The summed E-state index contributed by atoms with van der Waals surface area (Å²) in [5, 5.41) is 39.6. The summed E-state index contributed by atoms with van der Waals surface area (Å²) in [4.78, 5) is 98.0. The number of benzene rings is 5. The van der Waals surface area contributed by atoms with E-state index in [2.05, 4.69) is 31.9 Å². The Bertz CT molecular complexity index is 2760. The molecule has 6 atom stereocenters. The number of amides is 6. The molecule has 6 aromatic rings. The van der Waals surface area contributed by atoms with Crippen molar-refractivity contribution in [2.24, 2.45) is 0 Å². The maximum Gasteiger partial charge on any atom is 0.326 e. The molecule has 0 radical (unpaired) electrons. The van der Waals surface area contributed by atoms with Gasteiger partial charge >= 0.3 is 5.97 Å². The van der Waals surface area contributed by atoms with Gasteiger partial charge in [-0.2, -0.15) is 0 Å². The van der Waals surface area contributed by atoms with Gasteiger partial charge in [-0.05, 0) is 69.1 Å². The largest absolute Gasteiger partial charge is 0.480 e. The quantitative estimate of drug-likeness (QED) is 0.0787. The first-order valence-corrected chi connectivity index (χ1v) is 23.8. The van der Waals surface area contributed by atoms with Crippen molar-refractivity contribution in [3.8, 4) is 11.1 Å². The Hall–Kier alpha value is -7.66. The van der Waals surface area contributed by atoms with Crippen molar-refractivity contribution >= 4 is 70.0 Å². The predicted octanol–water partition coefficient (Wildman–Crippen LogP) is 4.79. The number of carboxylic acids is 1. The number of anilines is 1. The van der Waals surface area contributed by atoms with Gasteiger partial charge < -0.3 is 42.1 Å². The summed E-state index contributed by atoms with van der Waals surface area (Å²) in [5.74, 6) is -6.14. The van der Waals surface area contributed by atoms with Crippen LogP contribution in [-0.4, -0.2) is 87.9 Å². The van der Waals surface area contributed by atoms with Gasteiger partial charge in [0.25, 0.3) is 5.91 Å². The van der Waals surface area contributed by atoms with Crippen molar-refractivity contribution in [2.75, 3.05) is 5.32 Å². The Morgan fingerprint density at radius 1 is 0.600 bits per heavy atom. The minimum atomic E-state index is -1.82. The molecule has 0 unspecified atom stereocenters. The molecule has 15 nitrogen and oxygen atoms in total. The molecule has 2 aliphatic rings. The van der Waals surface area contributed by atoms with Crippen LogP contribution in [0.15, 0.2) is 151 Å². The lowest BCUT2D eigenvalue weighted by atomic mass is 9.98. The summed E-state index contributed by atoms with van der Waals surface area (Å²) >= 11 is 7.46. The van der Waals surface area contributed by atoms with E-state index >= 15 is 0 Å². The SMILES string of the molecule is O=C1C[C@@H](O)C(=O)Nc2ccc(cc2)C[C@@H](C(=O)N[C@@H](Cc2ccccc2)C(=O)O)NC(=O)[C@@H](Cc2ccccc2)NC(=O)[C@H](Cc2ccc(-c3ccc(Cl)cc3)cc2)NC(=O)[C@@H](Cc2cccs2)N1. The summed E-state index contributed by atoms with van der Waals surface area (Å²) in [6.07, 6.45) is -2.86. The van der Waals surface area contributed by atoms with Gasteiger partial charge in [0.05, 0.1) is 6.42 Å². The molecule has 17 heteroatoms. The van der Waals surface area contributed by atoms with Gasteiger partial charge in [-0.15, -0.1) is 11.3 Å². The maximum absolute atomic E-state index is 14.8. The van der Waals surface area contributed by atoms with Gasteiger partial charge in [0.2, 0.25) is 29.5 Å². The number of hydrogen-bond donors (Lipinski definition) is 8. The molecular formula is C53H51ClN6O9S. The average molecular weight is 984 g/mol. The second-order valence-corrected chi connectivity index (χ2v) is 18.4. The fraction of sp³-hybridized carbons (Fsp3) is 0.226. The lowest BCUT2D eigenvalue weighted by molar-refractivity contribution is -0.142. The van der Waals surface area contributed by atoms with Crippen LogP contribution >= 0.6 is 22.9 Å². The van der Waals surface area contributed by atoms with Crippen LogP contribution in [0.25, 0.3) is 11.1 Å². The topological polar surface area (TPSA) is 232 Å². The molecular weight excluding hydrogens is 932 g/mol. The third kappa shape index (κ3) is 14.4. The van der Waals surface area contributed by atoms with E-state index in [4.69, 9.17) is 11.6 Å². The van der Waals surface area contributed by atoms with Gasteiger partial charge in [0.15, 0.2) is 0 Å². The number of carbonyl (C=O) groups excluding carboxylic acids is 6. The van der Waals surface area contributed by atoms with Gasteiger partial charge in [0, 0.05) is 47.7 Å². The summed E-state index contributed by atoms with van der Waals surface area (Å²) in [5.41, 5.74) is 4.42. The summed E-state index contributed by atoms with van der Waals surface area (Å²) in [6, 6.07) is 35.1. The van der Waals surface area contributed by atoms with Crippen molar-refractivity contribution in [3.05, 3.63) is 183 Å².